The second-order valence-corrected chi connectivity index (χ2v) is 7.50. The maximum absolute atomic E-state index is 12.8. The van der Waals surface area contributed by atoms with Gasteiger partial charge in [-0.3, -0.25) is 20.1 Å². The maximum Gasteiger partial charge on any atom is 0.269 e. The zero-order valence-corrected chi connectivity index (χ0v) is 14.6. The number of nitro groups is 1. The number of hydroxylamine groups is 1. The van der Waals surface area contributed by atoms with Crippen molar-refractivity contribution in [2.24, 2.45) is 0 Å². The minimum absolute atomic E-state index is 0.0636. The fraction of sp³-hybridized carbons (Fsp3) is 0.125. The number of hydrogen-bond donors (Lipinski definition) is 2. The van der Waals surface area contributed by atoms with Crippen molar-refractivity contribution in [3.05, 3.63) is 63.8 Å². The first-order valence-corrected chi connectivity index (χ1v) is 9.15. The average molecular weight is 390 g/mol. The van der Waals surface area contributed by atoms with Gasteiger partial charge < -0.3 is 0 Å². The van der Waals surface area contributed by atoms with Crippen molar-refractivity contribution in [1.29, 1.82) is 0 Å². The SMILES string of the molecule is O=C(C=Cc1cnc2c(c1)CCN2S(=O)(=O)c1ccc([N+](=O)[O-])cc1)NO. The van der Waals surface area contributed by atoms with Crippen LogP contribution >= 0.6 is 0 Å². The molecule has 1 amide bonds. The largest absolute Gasteiger partial charge is 0.288 e. The van der Waals surface area contributed by atoms with E-state index in [4.69, 9.17) is 5.21 Å². The van der Waals surface area contributed by atoms with Gasteiger partial charge in [-0.05, 0) is 41.8 Å². The second-order valence-electron chi connectivity index (χ2n) is 5.64. The number of hydrogen-bond acceptors (Lipinski definition) is 7. The molecule has 0 saturated carbocycles. The summed E-state index contributed by atoms with van der Waals surface area (Å²) >= 11 is 0. The van der Waals surface area contributed by atoms with Crippen LogP contribution in [-0.4, -0.2) is 36.0 Å². The molecule has 0 radical (unpaired) electrons. The summed E-state index contributed by atoms with van der Waals surface area (Å²) in [5.74, 6) is -0.421. The third-order valence-electron chi connectivity index (χ3n) is 3.96. The molecule has 0 fully saturated rings. The van der Waals surface area contributed by atoms with Gasteiger partial charge in [0, 0.05) is 31.0 Å². The summed E-state index contributed by atoms with van der Waals surface area (Å²) in [5, 5.41) is 19.2. The Morgan fingerprint density at radius 2 is 2.04 bits per heavy atom. The summed E-state index contributed by atoms with van der Waals surface area (Å²) < 4.78 is 26.8. The van der Waals surface area contributed by atoms with Gasteiger partial charge in [-0.15, -0.1) is 0 Å². The molecule has 0 saturated heterocycles. The molecule has 140 valence electrons. The van der Waals surface area contributed by atoms with Crippen LogP contribution in [0.1, 0.15) is 11.1 Å². The van der Waals surface area contributed by atoms with Crippen molar-refractivity contribution in [2.75, 3.05) is 10.8 Å². The molecule has 2 aromatic rings. The predicted molar refractivity (Wildman–Crippen MR) is 94.5 cm³/mol. The summed E-state index contributed by atoms with van der Waals surface area (Å²) in [4.78, 5) is 25.3. The predicted octanol–water partition coefficient (Wildman–Crippen LogP) is 1.26. The molecule has 0 bridgehead atoms. The van der Waals surface area contributed by atoms with Gasteiger partial charge in [-0.1, -0.05) is 0 Å². The van der Waals surface area contributed by atoms with Gasteiger partial charge >= 0.3 is 0 Å². The number of aromatic nitrogens is 1. The lowest BCUT2D eigenvalue weighted by Crippen LogP contribution is -2.29. The molecule has 1 aliphatic heterocycles. The molecule has 2 heterocycles. The molecule has 0 unspecified atom stereocenters. The second kappa shape index (κ2) is 7.13. The number of rotatable bonds is 5. The first-order chi connectivity index (χ1) is 12.8. The van der Waals surface area contributed by atoms with Gasteiger partial charge in [0.2, 0.25) is 0 Å². The number of pyridine rings is 1. The number of fused-ring (bicyclic) bond motifs is 1. The van der Waals surface area contributed by atoms with Crippen molar-refractivity contribution in [3.63, 3.8) is 0 Å². The quantitative estimate of drug-likeness (QED) is 0.338. The lowest BCUT2D eigenvalue weighted by atomic mass is 10.1. The van der Waals surface area contributed by atoms with E-state index in [1.54, 1.807) is 6.07 Å². The Morgan fingerprint density at radius 3 is 2.67 bits per heavy atom. The number of anilines is 1. The summed E-state index contributed by atoms with van der Waals surface area (Å²) in [5.41, 5.74) is 2.53. The van der Waals surface area contributed by atoms with Crippen molar-refractivity contribution >= 4 is 33.5 Å². The van der Waals surface area contributed by atoms with Crippen molar-refractivity contribution in [1.82, 2.24) is 10.5 Å². The van der Waals surface area contributed by atoms with E-state index < -0.39 is 20.9 Å². The smallest absolute Gasteiger partial charge is 0.269 e. The molecule has 1 aromatic carbocycles. The van der Waals surface area contributed by atoms with Crippen LogP contribution in [-0.2, 0) is 21.2 Å². The summed E-state index contributed by atoms with van der Waals surface area (Å²) in [6.07, 6.45) is 4.39. The molecule has 0 atom stereocenters. The lowest BCUT2D eigenvalue weighted by Gasteiger charge is -2.18. The number of carbonyl (C=O) groups is 1. The number of non-ortho nitro benzene ring substituents is 1. The highest BCUT2D eigenvalue weighted by Crippen LogP contribution is 2.32. The van der Waals surface area contributed by atoms with Gasteiger partial charge in [-0.2, -0.15) is 0 Å². The summed E-state index contributed by atoms with van der Waals surface area (Å²) in [6, 6.07) is 6.36. The highest BCUT2D eigenvalue weighted by molar-refractivity contribution is 7.92. The van der Waals surface area contributed by atoms with Gasteiger partial charge in [0.1, 0.15) is 5.82 Å². The Bertz CT molecular complexity index is 1030. The maximum atomic E-state index is 12.8. The highest BCUT2D eigenvalue weighted by Gasteiger charge is 2.32. The van der Waals surface area contributed by atoms with Crippen molar-refractivity contribution in [2.45, 2.75) is 11.3 Å². The monoisotopic (exact) mass is 390 g/mol. The lowest BCUT2D eigenvalue weighted by molar-refractivity contribution is -0.384. The Hall–Kier alpha value is -3.31. The molecular formula is C16H14N4O6S. The molecule has 1 aliphatic rings. The Kier molecular flexibility index (Phi) is 4.88. The van der Waals surface area contributed by atoms with Crippen LogP contribution in [0.4, 0.5) is 11.5 Å². The third kappa shape index (κ3) is 3.64. The number of nitro benzene ring substituents is 1. The van der Waals surface area contributed by atoms with E-state index in [1.807, 2.05) is 0 Å². The number of amides is 1. The standard InChI is InChI=1S/C16H14N4O6S/c21-15(18-22)6-1-11-9-12-7-8-19(16(12)17-10-11)27(25,26)14-4-2-13(3-5-14)20(23)24/h1-6,9-10,22H,7-8H2,(H,18,21). The van der Waals surface area contributed by atoms with Crippen LogP contribution in [0, 0.1) is 10.1 Å². The van der Waals surface area contributed by atoms with Crippen LogP contribution in [0.3, 0.4) is 0 Å². The first kappa shape index (κ1) is 18.5. The van der Waals surface area contributed by atoms with Crippen molar-refractivity contribution in [3.8, 4) is 0 Å². The van der Waals surface area contributed by atoms with E-state index in [9.17, 15) is 23.3 Å². The van der Waals surface area contributed by atoms with Crippen LogP contribution in [0.15, 0.2) is 47.5 Å². The van der Waals surface area contributed by atoms with Crippen LogP contribution in [0.2, 0.25) is 0 Å². The van der Waals surface area contributed by atoms with E-state index in [1.165, 1.54) is 29.9 Å². The Labute approximate surface area is 153 Å². The minimum Gasteiger partial charge on any atom is -0.288 e. The molecule has 0 spiro atoms. The topological polar surface area (TPSA) is 143 Å². The van der Waals surface area contributed by atoms with Gasteiger partial charge in [0.25, 0.3) is 21.6 Å². The molecule has 10 nitrogen and oxygen atoms in total. The zero-order chi connectivity index (χ0) is 19.6. The molecule has 1 aromatic heterocycles. The molecule has 3 rings (SSSR count). The Balaban J connectivity index is 1.89. The average Bonchev–Trinajstić information content (AvgIpc) is 3.10. The number of nitrogens with one attached hydrogen (secondary N) is 1. The van der Waals surface area contributed by atoms with Gasteiger partial charge in [0.05, 0.1) is 9.82 Å². The molecule has 11 heteroatoms. The van der Waals surface area contributed by atoms with Gasteiger partial charge in [0.15, 0.2) is 0 Å². The highest BCUT2D eigenvalue weighted by atomic mass is 32.2. The van der Waals surface area contributed by atoms with Crippen LogP contribution < -0.4 is 9.79 Å². The summed E-state index contributed by atoms with van der Waals surface area (Å²) in [6.45, 7) is 0.186. The van der Waals surface area contributed by atoms with E-state index in [0.717, 1.165) is 22.5 Å². The number of nitrogens with zero attached hydrogens (tertiary/aromatic N) is 3. The van der Waals surface area contributed by atoms with Gasteiger partial charge in [-0.25, -0.2) is 23.2 Å². The van der Waals surface area contributed by atoms with E-state index >= 15 is 0 Å². The Morgan fingerprint density at radius 1 is 1.33 bits per heavy atom. The fourth-order valence-electron chi connectivity index (χ4n) is 2.66. The molecule has 27 heavy (non-hydrogen) atoms. The number of benzene rings is 1. The molecular weight excluding hydrogens is 376 g/mol. The number of carbonyl (C=O) groups excluding carboxylic acids is 1. The van der Waals surface area contributed by atoms with Crippen LogP contribution in [0.5, 0.6) is 0 Å². The van der Waals surface area contributed by atoms with E-state index in [0.29, 0.717) is 17.5 Å². The zero-order valence-electron chi connectivity index (χ0n) is 13.8. The molecule has 0 aliphatic carbocycles. The van der Waals surface area contributed by atoms with E-state index in [-0.39, 0.29) is 22.9 Å². The van der Waals surface area contributed by atoms with Crippen LogP contribution in [0.25, 0.3) is 6.08 Å². The van der Waals surface area contributed by atoms with Crippen molar-refractivity contribution < 1.29 is 23.3 Å². The number of sulfonamides is 1. The third-order valence-corrected chi connectivity index (χ3v) is 5.76. The normalized spacial score (nSPS) is 13.6. The molecule has 2 N–H and O–H groups in total. The fourth-order valence-corrected chi connectivity index (χ4v) is 4.12. The minimum atomic E-state index is -3.90. The summed E-state index contributed by atoms with van der Waals surface area (Å²) in [7, 11) is -3.90. The first-order valence-electron chi connectivity index (χ1n) is 7.71. The van der Waals surface area contributed by atoms with E-state index in [2.05, 4.69) is 4.98 Å².